The quantitative estimate of drug-likeness (QED) is 0.253. The average molecular weight is 260 g/mol. The second kappa shape index (κ2) is 17.0. The van der Waals surface area contributed by atoms with E-state index in [1.54, 1.807) is 6.08 Å². The third-order valence-electron chi connectivity index (χ3n) is 3.19. The van der Waals surface area contributed by atoms with Crippen LogP contribution in [0.15, 0.2) is 49.1 Å². The van der Waals surface area contributed by atoms with Crippen molar-refractivity contribution in [2.45, 2.75) is 71.1 Å². The summed E-state index contributed by atoms with van der Waals surface area (Å²) in [5.74, 6) is 0. The normalized spacial score (nSPS) is 12.1. The maximum atomic E-state index is 3.63. The van der Waals surface area contributed by atoms with Gasteiger partial charge in [0.15, 0.2) is 0 Å². The minimum absolute atomic E-state index is 1.21. The van der Waals surface area contributed by atoms with E-state index in [4.69, 9.17) is 0 Å². The zero-order chi connectivity index (χ0) is 14.0. The van der Waals surface area contributed by atoms with Crippen LogP contribution in [-0.2, 0) is 0 Å². The number of rotatable bonds is 13. The molecule has 0 nitrogen and oxygen atoms in total. The second-order valence-corrected chi connectivity index (χ2v) is 5.05. The van der Waals surface area contributed by atoms with E-state index in [1.807, 2.05) is 18.2 Å². The number of allylic oxidation sites excluding steroid dienone is 7. The smallest absolute Gasteiger partial charge is 0.0348 e. The lowest BCUT2D eigenvalue weighted by atomic mass is 10.1. The molecule has 0 saturated heterocycles. The molecule has 0 aromatic rings. The molecular weight excluding hydrogens is 228 g/mol. The highest BCUT2D eigenvalue weighted by Gasteiger charge is 1.90. The Morgan fingerprint density at radius 3 is 1.79 bits per heavy atom. The van der Waals surface area contributed by atoms with Gasteiger partial charge >= 0.3 is 0 Å². The van der Waals surface area contributed by atoms with Gasteiger partial charge < -0.3 is 0 Å². The molecule has 0 aliphatic rings. The van der Waals surface area contributed by atoms with Gasteiger partial charge in [0.1, 0.15) is 0 Å². The summed E-state index contributed by atoms with van der Waals surface area (Å²) >= 11 is 0. The van der Waals surface area contributed by atoms with Crippen LogP contribution in [0, 0.1) is 0 Å². The summed E-state index contributed by atoms with van der Waals surface area (Å²) in [6.45, 7) is 5.90. The molecule has 0 N–H and O–H groups in total. The van der Waals surface area contributed by atoms with Gasteiger partial charge in [0, 0.05) is 0 Å². The lowest BCUT2D eigenvalue weighted by molar-refractivity contribution is 0.566. The van der Waals surface area contributed by atoms with Crippen LogP contribution < -0.4 is 0 Å². The zero-order valence-electron chi connectivity index (χ0n) is 12.8. The molecule has 0 saturated carbocycles. The molecule has 0 spiro atoms. The van der Waals surface area contributed by atoms with Gasteiger partial charge in [-0.3, -0.25) is 0 Å². The van der Waals surface area contributed by atoms with Gasteiger partial charge in [0.05, 0.1) is 0 Å². The van der Waals surface area contributed by atoms with E-state index < -0.39 is 0 Å². The van der Waals surface area contributed by atoms with Crippen molar-refractivity contribution < 1.29 is 0 Å². The highest BCUT2D eigenvalue weighted by Crippen LogP contribution is 2.10. The summed E-state index contributed by atoms with van der Waals surface area (Å²) in [5, 5.41) is 0. The van der Waals surface area contributed by atoms with Crippen LogP contribution in [0.1, 0.15) is 71.1 Å². The van der Waals surface area contributed by atoms with E-state index in [0.29, 0.717) is 0 Å². The topological polar surface area (TPSA) is 0 Å². The highest BCUT2D eigenvalue weighted by molar-refractivity contribution is 5.14. The van der Waals surface area contributed by atoms with E-state index in [1.165, 1.54) is 64.2 Å². The van der Waals surface area contributed by atoms with Crippen molar-refractivity contribution in [1.82, 2.24) is 0 Å². The summed E-state index contributed by atoms with van der Waals surface area (Å²) in [5.41, 5.74) is 0. The monoisotopic (exact) mass is 260 g/mol. The van der Waals surface area contributed by atoms with E-state index in [2.05, 4.69) is 31.7 Å². The molecule has 0 radical (unpaired) electrons. The maximum Gasteiger partial charge on any atom is -0.0348 e. The zero-order valence-corrected chi connectivity index (χ0v) is 12.8. The largest absolute Gasteiger partial charge is 0.0991 e. The molecule has 0 aromatic carbocycles. The fourth-order valence-corrected chi connectivity index (χ4v) is 2.02. The summed E-state index contributed by atoms with van der Waals surface area (Å²) in [7, 11) is 0. The molecule has 19 heavy (non-hydrogen) atoms. The molecule has 0 aromatic heterocycles. The average Bonchev–Trinajstić information content (AvgIpc) is 2.43. The van der Waals surface area contributed by atoms with Crippen LogP contribution in [0.4, 0.5) is 0 Å². The summed E-state index contributed by atoms with van der Waals surface area (Å²) in [4.78, 5) is 0. The second-order valence-electron chi connectivity index (χ2n) is 5.05. The highest BCUT2D eigenvalue weighted by atomic mass is 14.0. The van der Waals surface area contributed by atoms with Crippen LogP contribution in [0.25, 0.3) is 0 Å². The first-order valence-electron chi connectivity index (χ1n) is 8.02. The van der Waals surface area contributed by atoms with E-state index in [0.717, 1.165) is 0 Å². The van der Waals surface area contributed by atoms with Gasteiger partial charge in [0.2, 0.25) is 0 Å². The van der Waals surface area contributed by atoms with E-state index in [9.17, 15) is 0 Å². The standard InChI is InChI=1S/C19H32/c1-3-5-7-9-11-13-15-17-19-18-16-14-12-10-8-6-4-2/h3,5,7,9,11,13,15H,1,4,6,8,10,12,14,16-19H2,2H3. The van der Waals surface area contributed by atoms with Crippen molar-refractivity contribution >= 4 is 0 Å². The summed E-state index contributed by atoms with van der Waals surface area (Å²) < 4.78 is 0. The molecule has 0 bridgehead atoms. The Balaban J connectivity index is 3.17. The fraction of sp³-hybridized carbons (Fsp3) is 0.579. The fourth-order valence-electron chi connectivity index (χ4n) is 2.02. The van der Waals surface area contributed by atoms with Crippen molar-refractivity contribution in [2.24, 2.45) is 0 Å². The Morgan fingerprint density at radius 1 is 0.632 bits per heavy atom. The predicted molar refractivity (Wildman–Crippen MR) is 89.5 cm³/mol. The minimum Gasteiger partial charge on any atom is -0.0991 e. The number of hydrogen-bond acceptors (Lipinski definition) is 0. The summed E-state index contributed by atoms with van der Waals surface area (Å²) in [6.07, 6.45) is 28.1. The first-order valence-corrected chi connectivity index (χ1v) is 8.02. The molecule has 0 heteroatoms. The van der Waals surface area contributed by atoms with Crippen molar-refractivity contribution in [3.8, 4) is 0 Å². The number of hydrogen-bond donors (Lipinski definition) is 0. The molecule has 0 rings (SSSR count). The van der Waals surface area contributed by atoms with Crippen molar-refractivity contribution in [1.29, 1.82) is 0 Å². The van der Waals surface area contributed by atoms with Crippen LogP contribution in [0.5, 0.6) is 0 Å². The lowest BCUT2D eigenvalue weighted by Crippen LogP contribution is -1.80. The third kappa shape index (κ3) is 17.0. The van der Waals surface area contributed by atoms with Crippen LogP contribution in [-0.4, -0.2) is 0 Å². The number of unbranched alkanes of at least 4 members (excludes halogenated alkanes) is 9. The van der Waals surface area contributed by atoms with Crippen LogP contribution in [0.3, 0.4) is 0 Å². The minimum atomic E-state index is 1.21. The van der Waals surface area contributed by atoms with Gasteiger partial charge in [-0.05, 0) is 12.8 Å². The van der Waals surface area contributed by atoms with Crippen LogP contribution >= 0.6 is 0 Å². The molecule has 0 amide bonds. The molecule has 0 unspecified atom stereocenters. The first-order chi connectivity index (χ1) is 9.41. The Labute approximate surface area is 121 Å². The predicted octanol–water partition coefficient (Wildman–Crippen LogP) is 6.76. The van der Waals surface area contributed by atoms with E-state index in [-0.39, 0.29) is 0 Å². The van der Waals surface area contributed by atoms with Gasteiger partial charge in [-0.2, -0.15) is 0 Å². The first kappa shape index (κ1) is 18.0. The van der Waals surface area contributed by atoms with Crippen molar-refractivity contribution in [3.05, 3.63) is 49.1 Å². The lowest BCUT2D eigenvalue weighted by Gasteiger charge is -2.00. The SMILES string of the molecule is C=CC=CC=CC=CCCCCCCCCCCC. The molecule has 0 aliphatic heterocycles. The van der Waals surface area contributed by atoms with Gasteiger partial charge in [0.25, 0.3) is 0 Å². The molecule has 108 valence electrons. The summed E-state index contributed by atoms with van der Waals surface area (Å²) in [6, 6.07) is 0. The Morgan fingerprint density at radius 2 is 1.16 bits per heavy atom. The third-order valence-corrected chi connectivity index (χ3v) is 3.19. The Kier molecular flexibility index (Phi) is 16.0. The van der Waals surface area contributed by atoms with Crippen molar-refractivity contribution in [2.75, 3.05) is 0 Å². The molecule has 0 heterocycles. The van der Waals surface area contributed by atoms with Gasteiger partial charge in [-0.25, -0.2) is 0 Å². The molecule has 0 atom stereocenters. The maximum absolute atomic E-state index is 3.63. The molecule has 0 fully saturated rings. The Hall–Kier alpha value is -1.04. The Bertz CT molecular complexity index is 255. The van der Waals surface area contributed by atoms with E-state index >= 15 is 0 Å². The molecular formula is C19H32. The van der Waals surface area contributed by atoms with Gasteiger partial charge in [-0.15, -0.1) is 0 Å². The van der Waals surface area contributed by atoms with Crippen LogP contribution in [0.2, 0.25) is 0 Å². The molecule has 0 aliphatic carbocycles. The van der Waals surface area contributed by atoms with Gasteiger partial charge in [-0.1, -0.05) is 107 Å². The van der Waals surface area contributed by atoms with Crippen molar-refractivity contribution in [3.63, 3.8) is 0 Å².